The molecule has 0 bridgehead atoms. The zero-order chi connectivity index (χ0) is 12.8. The van der Waals surface area contributed by atoms with Gasteiger partial charge in [-0.1, -0.05) is 11.6 Å². The van der Waals surface area contributed by atoms with Crippen LogP contribution in [-0.2, 0) is 6.54 Å². The molecule has 100 valence electrons. The Labute approximate surface area is 118 Å². The van der Waals surface area contributed by atoms with Crippen LogP contribution in [0.3, 0.4) is 0 Å². The molecular formula is C15H18ClN3. The molecule has 0 atom stereocenters. The van der Waals surface area contributed by atoms with Gasteiger partial charge in [0.1, 0.15) is 5.65 Å². The van der Waals surface area contributed by atoms with E-state index in [1.54, 1.807) is 0 Å². The smallest absolute Gasteiger partial charge is 0.137 e. The lowest BCUT2D eigenvalue weighted by Gasteiger charge is -2.16. The van der Waals surface area contributed by atoms with Crippen LogP contribution >= 0.6 is 11.6 Å². The van der Waals surface area contributed by atoms with Crippen molar-refractivity contribution < 1.29 is 0 Å². The Morgan fingerprint density at radius 3 is 2.63 bits per heavy atom. The van der Waals surface area contributed by atoms with E-state index in [1.807, 2.05) is 22.7 Å². The third kappa shape index (κ3) is 2.49. The molecule has 4 heteroatoms. The molecule has 0 unspecified atom stereocenters. The maximum Gasteiger partial charge on any atom is 0.137 e. The highest BCUT2D eigenvalue weighted by atomic mass is 35.5. The zero-order valence-electron chi connectivity index (χ0n) is 10.8. The molecule has 0 saturated heterocycles. The molecule has 0 radical (unpaired) electrons. The Bertz CT molecular complexity index is 586. The fraction of sp³-hybridized carbons (Fsp3) is 0.533. The van der Waals surface area contributed by atoms with Gasteiger partial charge in [0.15, 0.2) is 0 Å². The highest BCUT2D eigenvalue weighted by Crippen LogP contribution is 2.44. The lowest BCUT2D eigenvalue weighted by molar-refractivity contribution is 0.414. The molecule has 2 heterocycles. The van der Waals surface area contributed by atoms with E-state index in [-0.39, 0.29) is 0 Å². The number of nitrogens with zero attached hydrogens (tertiary/aromatic N) is 2. The number of hydrogen-bond acceptors (Lipinski definition) is 2. The van der Waals surface area contributed by atoms with E-state index in [4.69, 9.17) is 11.6 Å². The standard InChI is InChI=1S/C15H18ClN3/c16-12-5-6-14-18-13(9-19(14)8-12)7-17-15(10-1-2-10)11-3-4-11/h5-6,8-11,15,17H,1-4,7H2. The molecule has 1 N–H and O–H groups in total. The molecule has 4 rings (SSSR count). The number of imidazole rings is 1. The average Bonchev–Trinajstić information content (AvgIpc) is 3.28. The third-order valence-corrected chi connectivity index (χ3v) is 4.47. The van der Waals surface area contributed by atoms with Crippen molar-refractivity contribution in [2.24, 2.45) is 11.8 Å². The molecule has 0 aromatic carbocycles. The normalized spacial score (nSPS) is 19.5. The van der Waals surface area contributed by atoms with E-state index in [9.17, 15) is 0 Å². The predicted molar refractivity (Wildman–Crippen MR) is 76.3 cm³/mol. The van der Waals surface area contributed by atoms with Gasteiger partial charge < -0.3 is 9.72 Å². The van der Waals surface area contributed by atoms with Crippen molar-refractivity contribution in [1.29, 1.82) is 0 Å². The zero-order valence-corrected chi connectivity index (χ0v) is 11.6. The molecule has 2 aromatic heterocycles. The minimum Gasteiger partial charge on any atom is -0.308 e. The van der Waals surface area contributed by atoms with E-state index in [2.05, 4.69) is 16.5 Å². The van der Waals surface area contributed by atoms with Crippen LogP contribution in [-0.4, -0.2) is 15.4 Å². The topological polar surface area (TPSA) is 29.3 Å². The van der Waals surface area contributed by atoms with Crippen molar-refractivity contribution in [3.63, 3.8) is 0 Å². The minimum atomic E-state index is 0.730. The van der Waals surface area contributed by atoms with Crippen LogP contribution in [0.1, 0.15) is 31.4 Å². The van der Waals surface area contributed by atoms with Crippen LogP contribution in [0.15, 0.2) is 24.5 Å². The highest BCUT2D eigenvalue weighted by Gasteiger charge is 2.40. The third-order valence-electron chi connectivity index (χ3n) is 4.24. The minimum absolute atomic E-state index is 0.730. The molecule has 2 aliphatic carbocycles. The Hall–Kier alpha value is -1.06. The Kier molecular flexibility index (Phi) is 2.78. The summed E-state index contributed by atoms with van der Waals surface area (Å²) in [6.45, 7) is 0.872. The van der Waals surface area contributed by atoms with Gasteiger partial charge in [0.25, 0.3) is 0 Å². The largest absolute Gasteiger partial charge is 0.308 e. The summed E-state index contributed by atoms with van der Waals surface area (Å²) in [5, 5.41) is 4.48. The lowest BCUT2D eigenvalue weighted by atomic mass is 10.1. The summed E-state index contributed by atoms with van der Waals surface area (Å²) in [4.78, 5) is 4.63. The first kappa shape index (κ1) is 11.7. The number of pyridine rings is 1. The SMILES string of the molecule is Clc1ccc2nc(CNC(C3CC3)C3CC3)cn2c1. The van der Waals surface area contributed by atoms with Crippen molar-refractivity contribution in [2.45, 2.75) is 38.3 Å². The van der Waals surface area contributed by atoms with Crippen LogP contribution in [0.2, 0.25) is 5.02 Å². The van der Waals surface area contributed by atoms with E-state index in [0.717, 1.165) is 40.8 Å². The Morgan fingerprint density at radius 2 is 1.95 bits per heavy atom. The molecular weight excluding hydrogens is 258 g/mol. The first-order valence-electron chi connectivity index (χ1n) is 7.16. The number of aromatic nitrogens is 2. The summed E-state index contributed by atoms with van der Waals surface area (Å²) in [6.07, 6.45) is 9.63. The van der Waals surface area contributed by atoms with E-state index < -0.39 is 0 Å². The molecule has 0 spiro atoms. The molecule has 19 heavy (non-hydrogen) atoms. The van der Waals surface area contributed by atoms with Gasteiger partial charge in [0, 0.05) is 25.0 Å². The van der Waals surface area contributed by atoms with Gasteiger partial charge in [-0.25, -0.2) is 4.98 Å². The summed E-state index contributed by atoms with van der Waals surface area (Å²) < 4.78 is 2.00. The summed E-state index contributed by atoms with van der Waals surface area (Å²) in [7, 11) is 0. The molecule has 2 aromatic rings. The van der Waals surface area contributed by atoms with Gasteiger partial charge in [0.2, 0.25) is 0 Å². The summed E-state index contributed by atoms with van der Waals surface area (Å²) >= 11 is 5.99. The molecule has 0 aliphatic heterocycles. The first-order valence-corrected chi connectivity index (χ1v) is 7.54. The second-order valence-electron chi connectivity index (χ2n) is 5.93. The van der Waals surface area contributed by atoms with Crippen molar-refractivity contribution in [2.75, 3.05) is 0 Å². The van der Waals surface area contributed by atoms with Gasteiger partial charge in [-0.2, -0.15) is 0 Å². The summed E-state index contributed by atoms with van der Waals surface area (Å²) in [5.41, 5.74) is 2.07. The monoisotopic (exact) mass is 275 g/mol. The van der Waals surface area contributed by atoms with Crippen LogP contribution in [0, 0.1) is 11.8 Å². The molecule has 0 amide bonds. The van der Waals surface area contributed by atoms with E-state index in [1.165, 1.54) is 25.7 Å². The number of rotatable bonds is 5. The second kappa shape index (κ2) is 4.50. The van der Waals surface area contributed by atoms with E-state index in [0.29, 0.717) is 0 Å². The number of hydrogen-bond donors (Lipinski definition) is 1. The lowest BCUT2D eigenvalue weighted by Crippen LogP contribution is -2.32. The molecule has 2 fully saturated rings. The number of halogens is 1. The Balaban J connectivity index is 1.48. The summed E-state index contributed by atoms with van der Waals surface area (Å²) in [5.74, 6) is 1.86. The quantitative estimate of drug-likeness (QED) is 0.907. The van der Waals surface area contributed by atoms with Gasteiger partial charge in [0.05, 0.1) is 10.7 Å². The number of fused-ring (bicyclic) bond motifs is 1. The maximum absolute atomic E-state index is 5.99. The Morgan fingerprint density at radius 1 is 1.21 bits per heavy atom. The van der Waals surface area contributed by atoms with Gasteiger partial charge in [-0.05, 0) is 49.7 Å². The second-order valence-corrected chi connectivity index (χ2v) is 6.36. The maximum atomic E-state index is 5.99. The van der Waals surface area contributed by atoms with Crippen molar-refractivity contribution in [3.8, 4) is 0 Å². The average molecular weight is 276 g/mol. The fourth-order valence-electron chi connectivity index (χ4n) is 2.95. The predicted octanol–water partition coefficient (Wildman–Crippen LogP) is 3.27. The van der Waals surface area contributed by atoms with E-state index >= 15 is 0 Å². The fourth-order valence-corrected chi connectivity index (χ4v) is 3.12. The molecule has 2 aliphatic rings. The van der Waals surface area contributed by atoms with Crippen molar-refractivity contribution in [1.82, 2.24) is 14.7 Å². The van der Waals surface area contributed by atoms with Gasteiger partial charge in [-0.15, -0.1) is 0 Å². The van der Waals surface area contributed by atoms with Crippen LogP contribution in [0.4, 0.5) is 0 Å². The van der Waals surface area contributed by atoms with Crippen molar-refractivity contribution in [3.05, 3.63) is 35.2 Å². The highest BCUT2D eigenvalue weighted by molar-refractivity contribution is 6.30. The van der Waals surface area contributed by atoms with Gasteiger partial charge >= 0.3 is 0 Å². The molecule has 2 saturated carbocycles. The van der Waals surface area contributed by atoms with Crippen LogP contribution in [0.25, 0.3) is 5.65 Å². The van der Waals surface area contributed by atoms with Crippen LogP contribution in [0.5, 0.6) is 0 Å². The summed E-state index contributed by atoms with van der Waals surface area (Å²) in [6, 6.07) is 4.58. The van der Waals surface area contributed by atoms with Crippen molar-refractivity contribution >= 4 is 17.2 Å². The van der Waals surface area contributed by atoms with Crippen LogP contribution < -0.4 is 5.32 Å². The van der Waals surface area contributed by atoms with Gasteiger partial charge in [-0.3, -0.25) is 0 Å². The number of nitrogens with one attached hydrogen (secondary N) is 1. The first-order chi connectivity index (χ1) is 9.29. The molecule has 3 nitrogen and oxygen atoms in total.